The van der Waals surface area contributed by atoms with Crippen molar-refractivity contribution in [2.24, 2.45) is 0 Å². The summed E-state index contributed by atoms with van der Waals surface area (Å²) < 4.78 is 5.52. The van der Waals surface area contributed by atoms with Crippen molar-refractivity contribution >= 4 is 33.8 Å². The Bertz CT molecular complexity index is 992. The van der Waals surface area contributed by atoms with Gasteiger partial charge in [0, 0.05) is 17.6 Å². The zero-order valence-corrected chi connectivity index (χ0v) is 17.6. The summed E-state index contributed by atoms with van der Waals surface area (Å²) in [5, 5.41) is 17.4. The second-order valence-corrected chi connectivity index (χ2v) is 7.67. The van der Waals surface area contributed by atoms with Gasteiger partial charge >= 0.3 is 0 Å². The third-order valence-electron chi connectivity index (χ3n) is 4.33. The van der Waals surface area contributed by atoms with Crippen LogP contribution in [0.15, 0.2) is 60.0 Å². The first-order chi connectivity index (χ1) is 15.0. The number of aliphatic hydroxyl groups excluding tert-OH is 1. The molecule has 3 aromatic rings. The molecule has 0 aliphatic rings. The summed E-state index contributed by atoms with van der Waals surface area (Å²) >= 11 is 1.11. The van der Waals surface area contributed by atoms with E-state index >= 15 is 0 Å². The standard InChI is InChI=1S/C22H24N4O4S/c23-22-26-19(14-31-22)20(28)21(29)25-16-8-6-15(7-9-16)10-11-24-12-17(27)13-30-18-4-2-1-3-5-18/h1-9,14,17,24,27H,10-13H2,(H2,23,26)(H,25,29)/t17-/m0/s1. The van der Waals surface area contributed by atoms with Crippen molar-refractivity contribution in [3.05, 3.63) is 71.2 Å². The molecule has 5 N–H and O–H groups in total. The number of nitrogens with one attached hydrogen (secondary N) is 2. The highest BCUT2D eigenvalue weighted by molar-refractivity contribution is 7.13. The lowest BCUT2D eigenvalue weighted by molar-refractivity contribution is -0.112. The average molecular weight is 441 g/mol. The van der Waals surface area contributed by atoms with Gasteiger partial charge in [-0.25, -0.2) is 4.98 Å². The van der Waals surface area contributed by atoms with Crippen LogP contribution in [0, 0.1) is 0 Å². The fraction of sp³-hybridized carbons (Fsp3) is 0.227. The van der Waals surface area contributed by atoms with Crippen molar-refractivity contribution in [1.29, 1.82) is 0 Å². The molecule has 2 aromatic carbocycles. The number of anilines is 2. The number of Topliss-reactive ketones (excluding diaryl/α,β-unsaturated/α-hetero) is 1. The number of hydrogen-bond acceptors (Lipinski definition) is 8. The maximum atomic E-state index is 12.0. The van der Waals surface area contributed by atoms with Gasteiger partial charge in [-0.1, -0.05) is 30.3 Å². The average Bonchev–Trinajstić information content (AvgIpc) is 3.22. The number of carbonyl (C=O) groups is 2. The van der Waals surface area contributed by atoms with Gasteiger partial charge in [-0.2, -0.15) is 0 Å². The third kappa shape index (κ3) is 7.18. The molecule has 0 fully saturated rings. The number of amides is 1. The van der Waals surface area contributed by atoms with Crippen LogP contribution in [0.1, 0.15) is 16.1 Å². The number of nitrogen functional groups attached to an aromatic ring is 1. The first kappa shape index (κ1) is 22.4. The van der Waals surface area contributed by atoms with Gasteiger partial charge < -0.3 is 26.2 Å². The number of ether oxygens (including phenoxy) is 1. The maximum absolute atomic E-state index is 12.0. The van der Waals surface area contributed by atoms with Crippen LogP contribution in [0.3, 0.4) is 0 Å². The molecule has 8 nitrogen and oxygen atoms in total. The maximum Gasteiger partial charge on any atom is 0.298 e. The van der Waals surface area contributed by atoms with Crippen molar-refractivity contribution in [3.8, 4) is 5.75 Å². The van der Waals surface area contributed by atoms with Crippen LogP contribution in [0.4, 0.5) is 10.8 Å². The van der Waals surface area contributed by atoms with Crippen LogP contribution in [-0.4, -0.2) is 47.6 Å². The van der Waals surface area contributed by atoms with Crippen LogP contribution in [-0.2, 0) is 11.2 Å². The highest BCUT2D eigenvalue weighted by Gasteiger charge is 2.19. The Hall–Kier alpha value is -3.27. The molecule has 0 saturated heterocycles. The van der Waals surface area contributed by atoms with E-state index in [0.29, 0.717) is 18.8 Å². The molecule has 0 radical (unpaired) electrons. The summed E-state index contributed by atoms with van der Waals surface area (Å²) in [4.78, 5) is 27.9. The summed E-state index contributed by atoms with van der Waals surface area (Å²) in [6.45, 7) is 1.32. The zero-order valence-electron chi connectivity index (χ0n) is 16.8. The van der Waals surface area contributed by atoms with Crippen molar-refractivity contribution in [2.45, 2.75) is 12.5 Å². The van der Waals surface area contributed by atoms with E-state index in [1.54, 1.807) is 12.1 Å². The second-order valence-electron chi connectivity index (χ2n) is 6.78. The molecule has 1 heterocycles. The number of ketones is 1. The molecular weight excluding hydrogens is 416 g/mol. The molecule has 0 aliphatic carbocycles. The number of aromatic nitrogens is 1. The van der Waals surface area contributed by atoms with Gasteiger partial charge in [0.25, 0.3) is 11.7 Å². The first-order valence-corrected chi connectivity index (χ1v) is 10.6. The minimum Gasteiger partial charge on any atom is -0.491 e. The summed E-state index contributed by atoms with van der Waals surface area (Å²) in [6.07, 6.45) is 0.140. The van der Waals surface area contributed by atoms with E-state index in [2.05, 4.69) is 15.6 Å². The number of thiazole rings is 1. The minimum absolute atomic E-state index is 0.0408. The summed E-state index contributed by atoms with van der Waals surface area (Å²) in [5.74, 6) is -0.756. The van der Waals surface area contributed by atoms with Crippen molar-refractivity contribution in [1.82, 2.24) is 10.3 Å². The Kier molecular flexibility index (Phi) is 8.11. The number of benzene rings is 2. The second kappa shape index (κ2) is 11.2. The lowest BCUT2D eigenvalue weighted by Crippen LogP contribution is -2.32. The highest BCUT2D eigenvalue weighted by atomic mass is 32.1. The van der Waals surface area contributed by atoms with Crippen LogP contribution >= 0.6 is 11.3 Å². The third-order valence-corrected chi connectivity index (χ3v) is 5.00. The number of nitrogens with zero attached hydrogens (tertiary/aromatic N) is 1. The van der Waals surface area contributed by atoms with Crippen LogP contribution in [0.2, 0.25) is 0 Å². The SMILES string of the molecule is Nc1nc(C(=O)C(=O)Nc2ccc(CCNC[C@H](O)COc3ccccc3)cc2)cs1. The number of aliphatic hydroxyl groups is 1. The van der Waals surface area contributed by atoms with E-state index in [9.17, 15) is 14.7 Å². The zero-order chi connectivity index (χ0) is 22.1. The monoisotopic (exact) mass is 440 g/mol. The molecular formula is C22H24N4O4S. The molecule has 0 bridgehead atoms. The smallest absolute Gasteiger partial charge is 0.298 e. The van der Waals surface area contributed by atoms with Crippen molar-refractivity contribution in [3.63, 3.8) is 0 Å². The fourth-order valence-electron chi connectivity index (χ4n) is 2.72. The van der Waals surface area contributed by atoms with Gasteiger partial charge in [0.1, 0.15) is 24.2 Å². The number of hydrogen-bond donors (Lipinski definition) is 4. The number of rotatable bonds is 11. The van der Waals surface area contributed by atoms with E-state index in [1.165, 1.54) is 5.38 Å². The topological polar surface area (TPSA) is 127 Å². The molecule has 0 saturated carbocycles. The molecule has 1 amide bonds. The summed E-state index contributed by atoms with van der Waals surface area (Å²) in [5.41, 5.74) is 7.11. The lowest BCUT2D eigenvalue weighted by Gasteiger charge is -2.13. The van der Waals surface area contributed by atoms with Crippen molar-refractivity contribution in [2.75, 3.05) is 30.7 Å². The summed E-state index contributed by atoms with van der Waals surface area (Å²) in [7, 11) is 0. The molecule has 0 spiro atoms. The number of carbonyl (C=O) groups excluding carboxylic acids is 2. The van der Waals surface area contributed by atoms with E-state index in [1.807, 2.05) is 42.5 Å². The van der Waals surface area contributed by atoms with Gasteiger partial charge in [0.2, 0.25) is 0 Å². The molecule has 31 heavy (non-hydrogen) atoms. The molecule has 3 rings (SSSR count). The normalized spacial score (nSPS) is 11.6. The largest absolute Gasteiger partial charge is 0.491 e. The quantitative estimate of drug-likeness (QED) is 0.204. The molecule has 0 unspecified atom stereocenters. The van der Waals surface area contributed by atoms with Crippen molar-refractivity contribution < 1.29 is 19.4 Å². The fourth-order valence-corrected chi connectivity index (χ4v) is 3.26. The molecule has 0 aliphatic heterocycles. The molecule has 9 heteroatoms. The number of nitrogens with two attached hydrogens (primary N) is 1. The predicted molar refractivity (Wildman–Crippen MR) is 120 cm³/mol. The van der Waals surface area contributed by atoms with E-state index in [0.717, 1.165) is 29.1 Å². The van der Waals surface area contributed by atoms with Gasteiger partial charge in [-0.3, -0.25) is 9.59 Å². The minimum atomic E-state index is -0.758. The molecule has 1 atom stereocenters. The van der Waals surface area contributed by atoms with Gasteiger partial charge in [-0.05, 0) is 42.8 Å². The van der Waals surface area contributed by atoms with Crippen LogP contribution < -0.4 is 21.1 Å². The lowest BCUT2D eigenvalue weighted by atomic mass is 10.1. The summed E-state index contributed by atoms with van der Waals surface area (Å²) in [6, 6.07) is 16.6. The van der Waals surface area contributed by atoms with Gasteiger partial charge in [0.15, 0.2) is 5.13 Å². The first-order valence-electron chi connectivity index (χ1n) is 9.73. The Labute approximate surface area is 184 Å². The van der Waals surface area contributed by atoms with Gasteiger partial charge in [0.05, 0.1) is 0 Å². The molecule has 162 valence electrons. The van der Waals surface area contributed by atoms with E-state index in [-0.39, 0.29) is 17.4 Å². The van der Waals surface area contributed by atoms with Crippen LogP contribution in [0.25, 0.3) is 0 Å². The highest BCUT2D eigenvalue weighted by Crippen LogP contribution is 2.14. The Morgan fingerprint density at radius 3 is 2.55 bits per heavy atom. The van der Waals surface area contributed by atoms with E-state index in [4.69, 9.17) is 10.5 Å². The number of para-hydroxylation sites is 1. The molecule has 1 aromatic heterocycles. The Morgan fingerprint density at radius 2 is 1.87 bits per heavy atom. The van der Waals surface area contributed by atoms with E-state index < -0.39 is 17.8 Å². The van der Waals surface area contributed by atoms with Crippen LogP contribution in [0.5, 0.6) is 5.75 Å². The Morgan fingerprint density at radius 1 is 1.13 bits per heavy atom. The Balaban J connectivity index is 1.35. The predicted octanol–water partition coefficient (Wildman–Crippen LogP) is 2.12. The van der Waals surface area contributed by atoms with Gasteiger partial charge in [-0.15, -0.1) is 11.3 Å².